The monoisotopic (exact) mass is 292 g/mol. The van der Waals surface area contributed by atoms with Crippen LogP contribution in [0.4, 0.5) is 10.9 Å². The first kappa shape index (κ1) is 14.4. The van der Waals surface area contributed by atoms with Crippen LogP contribution in [0.15, 0.2) is 17.5 Å². The summed E-state index contributed by atoms with van der Waals surface area (Å²) in [6, 6.07) is 3.11. The quantitative estimate of drug-likeness (QED) is 0.588. The van der Waals surface area contributed by atoms with Crippen molar-refractivity contribution in [1.82, 2.24) is 15.2 Å². The molecule has 0 saturated heterocycles. The van der Waals surface area contributed by atoms with Gasteiger partial charge in [-0.1, -0.05) is 20.8 Å². The van der Waals surface area contributed by atoms with Gasteiger partial charge in [-0.3, -0.25) is 10.1 Å². The van der Waals surface area contributed by atoms with Gasteiger partial charge in [0.25, 0.3) is 5.91 Å². The SMILES string of the molecule is CC(C)(C)c1csc(NC(=O)c2ccc(NN)nn2)n1. The van der Waals surface area contributed by atoms with E-state index in [-0.39, 0.29) is 17.0 Å². The van der Waals surface area contributed by atoms with E-state index in [9.17, 15) is 4.79 Å². The topological polar surface area (TPSA) is 106 Å². The minimum Gasteiger partial charge on any atom is -0.307 e. The van der Waals surface area contributed by atoms with Crippen LogP contribution in [0.25, 0.3) is 0 Å². The van der Waals surface area contributed by atoms with Gasteiger partial charge in [-0.15, -0.1) is 21.5 Å². The second kappa shape index (κ2) is 5.51. The number of hydrogen-bond donors (Lipinski definition) is 3. The largest absolute Gasteiger partial charge is 0.307 e. The smallest absolute Gasteiger partial charge is 0.277 e. The summed E-state index contributed by atoms with van der Waals surface area (Å²) in [6.07, 6.45) is 0. The van der Waals surface area contributed by atoms with Gasteiger partial charge in [0.05, 0.1) is 5.69 Å². The number of nitrogens with one attached hydrogen (secondary N) is 2. The molecule has 2 heterocycles. The van der Waals surface area contributed by atoms with Crippen molar-refractivity contribution in [3.63, 3.8) is 0 Å². The maximum atomic E-state index is 12.0. The summed E-state index contributed by atoms with van der Waals surface area (Å²) in [7, 11) is 0. The lowest BCUT2D eigenvalue weighted by molar-refractivity contribution is 0.102. The highest BCUT2D eigenvalue weighted by molar-refractivity contribution is 7.14. The summed E-state index contributed by atoms with van der Waals surface area (Å²) in [4.78, 5) is 16.4. The van der Waals surface area contributed by atoms with Gasteiger partial charge < -0.3 is 5.43 Å². The molecule has 0 saturated carbocycles. The molecule has 7 nitrogen and oxygen atoms in total. The van der Waals surface area contributed by atoms with Crippen molar-refractivity contribution in [2.75, 3.05) is 10.7 Å². The van der Waals surface area contributed by atoms with Gasteiger partial charge in [0.2, 0.25) is 0 Å². The third kappa shape index (κ3) is 3.28. The number of carbonyl (C=O) groups is 1. The van der Waals surface area contributed by atoms with Crippen LogP contribution < -0.4 is 16.6 Å². The second-order valence-corrected chi connectivity index (χ2v) is 6.05. The van der Waals surface area contributed by atoms with Crippen LogP contribution in [0.1, 0.15) is 37.0 Å². The Morgan fingerprint density at radius 2 is 2.05 bits per heavy atom. The lowest BCUT2D eigenvalue weighted by Gasteiger charge is -2.14. The van der Waals surface area contributed by atoms with Gasteiger partial charge in [-0.05, 0) is 12.1 Å². The fourth-order valence-electron chi connectivity index (χ4n) is 1.37. The van der Waals surface area contributed by atoms with Crippen molar-refractivity contribution < 1.29 is 4.79 Å². The van der Waals surface area contributed by atoms with Crippen molar-refractivity contribution in [2.24, 2.45) is 5.84 Å². The number of nitrogens with zero attached hydrogens (tertiary/aromatic N) is 3. The molecular weight excluding hydrogens is 276 g/mol. The number of thiazole rings is 1. The summed E-state index contributed by atoms with van der Waals surface area (Å²) in [5.74, 6) is 5.22. The normalized spacial score (nSPS) is 11.2. The first-order chi connectivity index (χ1) is 9.40. The van der Waals surface area contributed by atoms with E-state index in [2.05, 4.69) is 46.7 Å². The predicted octanol–water partition coefficient (Wildman–Crippen LogP) is 1.77. The van der Waals surface area contributed by atoms with E-state index < -0.39 is 0 Å². The van der Waals surface area contributed by atoms with Crippen molar-refractivity contribution in [2.45, 2.75) is 26.2 Å². The van der Waals surface area contributed by atoms with Crippen LogP contribution in [0, 0.1) is 0 Å². The molecule has 0 radical (unpaired) electrons. The number of anilines is 2. The molecule has 0 spiro atoms. The van der Waals surface area contributed by atoms with Crippen molar-refractivity contribution in [1.29, 1.82) is 0 Å². The Hall–Kier alpha value is -2.06. The molecule has 2 rings (SSSR count). The molecule has 0 aliphatic carbocycles. The standard InChI is InChI=1S/C12H16N6OS/c1-12(2,3)8-6-20-11(14-8)15-10(19)7-4-5-9(16-13)18-17-7/h4-6H,13H2,1-3H3,(H,16,18)(H,14,15,19). The Kier molecular flexibility index (Phi) is 3.96. The number of rotatable bonds is 3. The number of nitrogen functional groups attached to an aromatic ring is 1. The van der Waals surface area contributed by atoms with Crippen molar-refractivity contribution >= 4 is 28.2 Å². The highest BCUT2D eigenvalue weighted by atomic mass is 32.1. The van der Waals surface area contributed by atoms with Gasteiger partial charge in [0, 0.05) is 10.8 Å². The Bertz CT molecular complexity index is 601. The lowest BCUT2D eigenvalue weighted by Crippen LogP contribution is -2.16. The first-order valence-electron chi connectivity index (χ1n) is 5.98. The van der Waals surface area contributed by atoms with Crippen LogP contribution in [-0.2, 0) is 5.41 Å². The highest BCUT2D eigenvalue weighted by Crippen LogP contribution is 2.26. The number of hydrogen-bond acceptors (Lipinski definition) is 7. The van der Waals surface area contributed by atoms with Gasteiger partial charge in [0.1, 0.15) is 0 Å². The Labute approximate surface area is 120 Å². The highest BCUT2D eigenvalue weighted by Gasteiger charge is 2.18. The Morgan fingerprint density at radius 3 is 2.55 bits per heavy atom. The molecule has 20 heavy (non-hydrogen) atoms. The average molecular weight is 292 g/mol. The zero-order valence-electron chi connectivity index (χ0n) is 11.5. The summed E-state index contributed by atoms with van der Waals surface area (Å²) in [6.45, 7) is 6.20. The van der Waals surface area contributed by atoms with Gasteiger partial charge >= 0.3 is 0 Å². The Balaban J connectivity index is 2.09. The lowest BCUT2D eigenvalue weighted by atomic mass is 9.93. The molecule has 0 atom stereocenters. The first-order valence-corrected chi connectivity index (χ1v) is 6.86. The number of hydrazine groups is 1. The fourth-order valence-corrected chi connectivity index (χ4v) is 2.30. The maximum absolute atomic E-state index is 12.0. The number of amides is 1. The molecule has 2 aromatic heterocycles. The van der Waals surface area contributed by atoms with E-state index in [4.69, 9.17) is 5.84 Å². The second-order valence-electron chi connectivity index (χ2n) is 5.19. The molecule has 0 unspecified atom stereocenters. The molecule has 106 valence electrons. The van der Waals surface area contributed by atoms with Gasteiger partial charge in [0.15, 0.2) is 16.6 Å². The predicted molar refractivity (Wildman–Crippen MR) is 78.6 cm³/mol. The Morgan fingerprint density at radius 1 is 1.30 bits per heavy atom. The van der Waals surface area contributed by atoms with Crippen molar-refractivity contribution in [3.8, 4) is 0 Å². The van der Waals surface area contributed by atoms with E-state index in [1.54, 1.807) is 6.07 Å². The van der Waals surface area contributed by atoms with E-state index in [1.165, 1.54) is 17.4 Å². The molecule has 0 aromatic carbocycles. The van der Waals surface area contributed by atoms with Crippen molar-refractivity contribution in [3.05, 3.63) is 28.9 Å². The van der Waals surface area contributed by atoms with Gasteiger partial charge in [-0.2, -0.15) is 0 Å². The number of aromatic nitrogens is 3. The molecule has 1 amide bonds. The van der Waals surface area contributed by atoms with Crippen LogP contribution >= 0.6 is 11.3 Å². The molecule has 0 aliphatic heterocycles. The fraction of sp³-hybridized carbons (Fsp3) is 0.333. The molecule has 4 N–H and O–H groups in total. The van der Waals surface area contributed by atoms with E-state index >= 15 is 0 Å². The molecule has 2 aromatic rings. The third-order valence-electron chi connectivity index (χ3n) is 2.54. The van der Waals surface area contributed by atoms with Crippen LogP contribution in [-0.4, -0.2) is 21.1 Å². The minimum absolute atomic E-state index is 0.0479. The van der Waals surface area contributed by atoms with E-state index in [0.717, 1.165) is 5.69 Å². The molecule has 0 aliphatic rings. The van der Waals surface area contributed by atoms with E-state index in [1.807, 2.05) is 5.38 Å². The zero-order chi connectivity index (χ0) is 14.8. The molecule has 0 bridgehead atoms. The molecule has 8 heteroatoms. The van der Waals surface area contributed by atoms with Gasteiger partial charge in [-0.25, -0.2) is 10.8 Å². The van der Waals surface area contributed by atoms with Crippen LogP contribution in [0.5, 0.6) is 0 Å². The average Bonchev–Trinajstić information content (AvgIpc) is 2.87. The summed E-state index contributed by atoms with van der Waals surface area (Å²) >= 11 is 1.38. The van der Waals surface area contributed by atoms with Crippen LogP contribution in [0.3, 0.4) is 0 Å². The number of carbonyl (C=O) groups excluding carboxylic acids is 1. The minimum atomic E-state index is -0.351. The summed E-state index contributed by atoms with van der Waals surface area (Å²) in [5.41, 5.74) is 3.44. The van der Waals surface area contributed by atoms with Crippen LogP contribution in [0.2, 0.25) is 0 Å². The molecule has 0 fully saturated rings. The number of nitrogens with two attached hydrogens (primary N) is 1. The maximum Gasteiger partial charge on any atom is 0.277 e. The molecular formula is C12H16N6OS. The third-order valence-corrected chi connectivity index (χ3v) is 3.30. The summed E-state index contributed by atoms with van der Waals surface area (Å²) < 4.78 is 0. The van der Waals surface area contributed by atoms with E-state index in [0.29, 0.717) is 10.9 Å². The zero-order valence-corrected chi connectivity index (χ0v) is 12.3. The summed E-state index contributed by atoms with van der Waals surface area (Å²) in [5, 5.41) is 12.7.